The zero-order chi connectivity index (χ0) is 14.9. The molecule has 1 aliphatic heterocycles. The molecule has 5 heteroatoms. The standard InChI is InChI=1S/C16H15ClO3S/c17-15(21(19)13-7-2-1-3-8-13)16(18)11-10-12-6-4-5-9-14(12)20-16/h1-9,15,18H,10-11H2. The Morgan fingerprint density at radius 3 is 2.57 bits per heavy atom. The van der Waals surface area contributed by atoms with Crippen LogP contribution in [0.1, 0.15) is 12.0 Å². The summed E-state index contributed by atoms with van der Waals surface area (Å²) in [6.07, 6.45) is 0.957. The van der Waals surface area contributed by atoms with E-state index in [1.54, 1.807) is 30.3 Å². The van der Waals surface area contributed by atoms with Gasteiger partial charge in [-0.25, -0.2) is 0 Å². The molecule has 0 bridgehead atoms. The number of aryl methyl sites for hydroxylation is 1. The molecular formula is C16H15ClO3S. The van der Waals surface area contributed by atoms with Crippen LogP contribution < -0.4 is 4.74 Å². The van der Waals surface area contributed by atoms with Crippen LogP contribution in [0.25, 0.3) is 0 Å². The number of halogens is 1. The van der Waals surface area contributed by atoms with Crippen molar-refractivity contribution >= 4 is 22.4 Å². The minimum absolute atomic E-state index is 0.316. The second-order valence-electron chi connectivity index (χ2n) is 4.98. The summed E-state index contributed by atoms with van der Waals surface area (Å²) in [5, 5.41) is 10.7. The van der Waals surface area contributed by atoms with Crippen LogP contribution in [-0.2, 0) is 17.2 Å². The molecule has 0 saturated carbocycles. The van der Waals surface area contributed by atoms with Crippen molar-refractivity contribution in [3.63, 3.8) is 0 Å². The monoisotopic (exact) mass is 322 g/mol. The van der Waals surface area contributed by atoms with Gasteiger partial charge in [0.2, 0.25) is 5.79 Å². The largest absolute Gasteiger partial charge is 0.460 e. The molecule has 0 radical (unpaired) electrons. The molecule has 3 nitrogen and oxygen atoms in total. The molecule has 110 valence electrons. The average molecular weight is 323 g/mol. The molecule has 1 aliphatic rings. The van der Waals surface area contributed by atoms with Gasteiger partial charge in [-0.15, -0.1) is 11.6 Å². The van der Waals surface area contributed by atoms with Gasteiger partial charge < -0.3 is 9.84 Å². The molecular weight excluding hydrogens is 308 g/mol. The fourth-order valence-corrected chi connectivity index (χ4v) is 3.99. The van der Waals surface area contributed by atoms with Gasteiger partial charge in [0.15, 0.2) is 4.71 Å². The Kier molecular flexibility index (Phi) is 4.02. The minimum atomic E-state index is -1.63. The van der Waals surface area contributed by atoms with E-state index in [4.69, 9.17) is 16.3 Å². The van der Waals surface area contributed by atoms with Crippen LogP contribution in [0.3, 0.4) is 0 Å². The van der Waals surface area contributed by atoms with Crippen LogP contribution in [0, 0.1) is 0 Å². The Morgan fingerprint density at radius 1 is 1.14 bits per heavy atom. The topological polar surface area (TPSA) is 46.5 Å². The SMILES string of the molecule is O=S(c1ccccc1)C(Cl)C1(O)CCc2ccccc2O1. The first-order valence-electron chi connectivity index (χ1n) is 6.69. The Morgan fingerprint density at radius 2 is 1.81 bits per heavy atom. The van der Waals surface area contributed by atoms with Crippen molar-refractivity contribution in [3.8, 4) is 5.75 Å². The van der Waals surface area contributed by atoms with Crippen molar-refractivity contribution in [1.29, 1.82) is 0 Å². The number of fused-ring (bicyclic) bond motifs is 1. The molecule has 2 aromatic rings. The normalized spacial score (nSPS) is 23.7. The summed E-state index contributed by atoms with van der Waals surface area (Å²) < 4.78 is 17.1. The van der Waals surface area contributed by atoms with Crippen LogP contribution in [0.4, 0.5) is 0 Å². The zero-order valence-electron chi connectivity index (χ0n) is 11.2. The van der Waals surface area contributed by atoms with Gasteiger partial charge in [-0.1, -0.05) is 36.4 Å². The van der Waals surface area contributed by atoms with Crippen molar-refractivity contribution in [1.82, 2.24) is 0 Å². The lowest BCUT2D eigenvalue weighted by molar-refractivity contribution is -0.137. The van der Waals surface area contributed by atoms with Crippen LogP contribution in [0.5, 0.6) is 5.75 Å². The van der Waals surface area contributed by atoms with Crippen molar-refractivity contribution in [2.75, 3.05) is 0 Å². The second-order valence-corrected chi connectivity index (χ2v) is 7.21. The molecule has 3 atom stereocenters. The highest BCUT2D eigenvalue weighted by Crippen LogP contribution is 2.37. The van der Waals surface area contributed by atoms with E-state index in [1.165, 1.54) is 0 Å². The quantitative estimate of drug-likeness (QED) is 0.883. The summed E-state index contributed by atoms with van der Waals surface area (Å²) in [6.45, 7) is 0. The molecule has 0 aliphatic carbocycles. The van der Waals surface area contributed by atoms with Crippen molar-refractivity contribution in [2.24, 2.45) is 0 Å². The molecule has 3 rings (SSSR count). The number of rotatable bonds is 3. The fourth-order valence-electron chi connectivity index (χ4n) is 2.37. The van der Waals surface area contributed by atoms with Crippen LogP contribution >= 0.6 is 11.6 Å². The van der Waals surface area contributed by atoms with Gasteiger partial charge in [0, 0.05) is 11.3 Å². The Bertz CT molecular complexity index is 662. The summed E-state index contributed by atoms with van der Waals surface area (Å²) in [7, 11) is -1.55. The number of ether oxygens (including phenoxy) is 1. The highest BCUT2D eigenvalue weighted by molar-refractivity contribution is 7.87. The van der Waals surface area contributed by atoms with Crippen LogP contribution in [0.2, 0.25) is 0 Å². The maximum absolute atomic E-state index is 12.5. The molecule has 0 fully saturated rings. The van der Waals surface area contributed by atoms with E-state index in [2.05, 4.69) is 0 Å². The number of benzene rings is 2. The van der Waals surface area contributed by atoms with Crippen molar-refractivity contribution in [3.05, 3.63) is 60.2 Å². The van der Waals surface area contributed by atoms with Gasteiger partial charge in [0.1, 0.15) is 5.75 Å². The lowest BCUT2D eigenvalue weighted by Gasteiger charge is -2.36. The summed E-state index contributed by atoms with van der Waals surface area (Å²) >= 11 is 6.28. The van der Waals surface area contributed by atoms with Gasteiger partial charge in [0.05, 0.1) is 10.8 Å². The predicted octanol–water partition coefficient (Wildman–Crippen LogP) is 3.07. The predicted molar refractivity (Wildman–Crippen MR) is 82.8 cm³/mol. The molecule has 0 aromatic heterocycles. The van der Waals surface area contributed by atoms with E-state index in [9.17, 15) is 9.32 Å². The fraction of sp³-hybridized carbons (Fsp3) is 0.250. The van der Waals surface area contributed by atoms with E-state index in [-0.39, 0.29) is 0 Å². The van der Waals surface area contributed by atoms with Crippen LogP contribution in [0.15, 0.2) is 59.5 Å². The second kappa shape index (κ2) is 5.79. The van der Waals surface area contributed by atoms with E-state index in [0.717, 1.165) is 5.56 Å². The van der Waals surface area contributed by atoms with Crippen LogP contribution in [-0.4, -0.2) is 19.8 Å². The molecule has 21 heavy (non-hydrogen) atoms. The maximum Gasteiger partial charge on any atom is 0.237 e. The Balaban J connectivity index is 1.85. The van der Waals surface area contributed by atoms with Crippen molar-refractivity contribution < 1.29 is 14.1 Å². The summed E-state index contributed by atoms with van der Waals surface area (Å²) in [4.78, 5) is 0.577. The van der Waals surface area contributed by atoms with Gasteiger partial charge in [-0.2, -0.15) is 0 Å². The third-order valence-corrected chi connectivity index (χ3v) is 5.84. The average Bonchev–Trinajstić information content (AvgIpc) is 2.54. The maximum atomic E-state index is 12.5. The zero-order valence-corrected chi connectivity index (χ0v) is 12.8. The molecule has 0 spiro atoms. The molecule has 3 unspecified atom stereocenters. The molecule has 1 heterocycles. The molecule has 1 N–H and O–H groups in total. The Hall–Kier alpha value is -1.36. The first-order chi connectivity index (χ1) is 10.1. The summed E-state index contributed by atoms with van der Waals surface area (Å²) in [5.74, 6) is -1.03. The number of alkyl halides is 1. The highest BCUT2D eigenvalue weighted by atomic mass is 35.5. The molecule has 2 aromatic carbocycles. The molecule has 0 saturated heterocycles. The highest BCUT2D eigenvalue weighted by Gasteiger charge is 2.44. The number of hydrogen-bond donors (Lipinski definition) is 1. The number of hydrogen-bond acceptors (Lipinski definition) is 3. The third-order valence-electron chi connectivity index (χ3n) is 3.53. The number of aliphatic hydroxyl groups is 1. The number of para-hydroxylation sites is 1. The first-order valence-corrected chi connectivity index (χ1v) is 8.34. The summed E-state index contributed by atoms with van der Waals surface area (Å²) in [5.41, 5.74) is 1.02. The molecule has 0 amide bonds. The van der Waals surface area contributed by atoms with Gasteiger partial charge >= 0.3 is 0 Å². The lowest BCUT2D eigenvalue weighted by Crippen LogP contribution is -2.49. The smallest absolute Gasteiger partial charge is 0.237 e. The van der Waals surface area contributed by atoms with Crippen molar-refractivity contribution in [2.45, 2.75) is 28.2 Å². The van der Waals surface area contributed by atoms with Gasteiger partial charge in [-0.05, 0) is 30.2 Å². The summed E-state index contributed by atoms with van der Waals surface area (Å²) in [6, 6.07) is 16.4. The lowest BCUT2D eigenvalue weighted by atomic mass is 10.0. The van der Waals surface area contributed by atoms with E-state index < -0.39 is 21.3 Å². The minimum Gasteiger partial charge on any atom is -0.460 e. The van der Waals surface area contributed by atoms with E-state index in [1.807, 2.05) is 24.3 Å². The Labute approximate surface area is 131 Å². The van der Waals surface area contributed by atoms with Gasteiger partial charge in [0.25, 0.3) is 0 Å². The first kappa shape index (κ1) is 14.6. The van der Waals surface area contributed by atoms with Gasteiger partial charge in [-0.3, -0.25) is 4.21 Å². The van der Waals surface area contributed by atoms with E-state index >= 15 is 0 Å². The van der Waals surface area contributed by atoms with E-state index in [0.29, 0.717) is 23.5 Å². The third kappa shape index (κ3) is 2.84.